The van der Waals surface area contributed by atoms with Crippen molar-refractivity contribution in [2.75, 3.05) is 28.6 Å². The Kier molecular flexibility index (Phi) is 7.69. The molecule has 0 aliphatic carbocycles. The lowest BCUT2D eigenvalue weighted by atomic mass is 10.1. The van der Waals surface area contributed by atoms with Gasteiger partial charge >= 0.3 is 6.03 Å². The van der Waals surface area contributed by atoms with Crippen LogP contribution in [0.5, 0.6) is 0 Å². The fraction of sp³-hybridized carbons (Fsp3) is 0.381. The Balaban J connectivity index is 2.26. The summed E-state index contributed by atoms with van der Waals surface area (Å²) in [7, 11) is 0. The average molecular weight is 408 g/mol. The standard InChI is InChI=1S/C21H27F2N3OS/c1-13(2)11-26(12-14(3)4)20-8-6-16(28)10-19(20)25-21(27)24-18-7-5-15(22)9-17(18)23/h5-10,13-14,28H,11-12H2,1-4H3,(H2,24,25,27). The highest BCUT2D eigenvalue weighted by atomic mass is 32.1. The predicted molar refractivity (Wildman–Crippen MR) is 115 cm³/mol. The van der Waals surface area contributed by atoms with Crippen molar-refractivity contribution in [2.24, 2.45) is 11.8 Å². The van der Waals surface area contributed by atoms with Crippen LogP contribution in [-0.4, -0.2) is 19.1 Å². The average Bonchev–Trinajstić information content (AvgIpc) is 2.56. The molecule has 0 saturated carbocycles. The maximum atomic E-state index is 13.8. The van der Waals surface area contributed by atoms with Crippen LogP contribution in [0.1, 0.15) is 27.7 Å². The van der Waals surface area contributed by atoms with E-state index >= 15 is 0 Å². The molecule has 0 aliphatic heterocycles. The van der Waals surface area contributed by atoms with Crippen molar-refractivity contribution >= 4 is 35.7 Å². The zero-order valence-corrected chi connectivity index (χ0v) is 17.5. The predicted octanol–water partition coefficient (Wildman–Crippen LogP) is 6.02. The highest BCUT2D eigenvalue weighted by Gasteiger charge is 2.17. The van der Waals surface area contributed by atoms with Crippen LogP contribution in [0.25, 0.3) is 0 Å². The number of nitrogens with one attached hydrogen (secondary N) is 2. The Hall–Kier alpha value is -2.28. The van der Waals surface area contributed by atoms with Crippen molar-refractivity contribution in [1.82, 2.24) is 0 Å². The summed E-state index contributed by atoms with van der Waals surface area (Å²) in [6.45, 7) is 10.2. The first-order valence-electron chi connectivity index (χ1n) is 9.26. The number of rotatable bonds is 7. The van der Waals surface area contributed by atoms with E-state index in [0.717, 1.165) is 30.9 Å². The number of amides is 2. The van der Waals surface area contributed by atoms with Crippen LogP contribution in [0.4, 0.5) is 30.6 Å². The minimum absolute atomic E-state index is 0.0938. The lowest BCUT2D eigenvalue weighted by Crippen LogP contribution is -2.32. The van der Waals surface area contributed by atoms with E-state index in [1.807, 2.05) is 12.1 Å². The van der Waals surface area contributed by atoms with Crippen molar-refractivity contribution in [2.45, 2.75) is 32.6 Å². The van der Waals surface area contributed by atoms with E-state index in [2.05, 4.69) is 55.9 Å². The van der Waals surface area contributed by atoms with Crippen molar-refractivity contribution in [3.63, 3.8) is 0 Å². The molecule has 28 heavy (non-hydrogen) atoms. The van der Waals surface area contributed by atoms with E-state index in [1.54, 1.807) is 6.07 Å². The molecule has 2 amide bonds. The summed E-state index contributed by atoms with van der Waals surface area (Å²) >= 11 is 4.37. The third-order valence-corrected chi connectivity index (χ3v) is 4.20. The Morgan fingerprint density at radius 2 is 1.57 bits per heavy atom. The largest absolute Gasteiger partial charge is 0.369 e. The zero-order valence-electron chi connectivity index (χ0n) is 16.6. The van der Waals surface area contributed by atoms with E-state index in [0.29, 0.717) is 22.4 Å². The van der Waals surface area contributed by atoms with E-state index in [-0.39, 0.29) is 5.69 Å². The molecule has 4 nitrogen and oxygen atoms in total. The van der Waals surface area contributed by atoms with Crippen molar-refractivity contribution in [1.29, 1.82) is 0 Å². The van der Waals surface area contributed by atoms with Gasteiger partial charge in [-0.05, 0) is 42.2 Å². The van der Waals surface area contributed by atoms with Gasteiger partial charge in [-0.2, -0.15) is 0 Å². The second-order valence-corrected chi connectivity index (χ2v) is 8.11. The number of carbonyl (C=O) groups excluding carboxylic acids is 1. The lowest BCUT2D eigenvalue weighted by Gasteiger charge is -2.30. The number of nitrogens with zero attached hydrogens (tertiary/aromatic N) is 1. The third kappa shape index (κ3) is 6.41. The Bertz CT molecular complexity index is 817. The zero-order chi connectivity index (χ0) is 20.8. The van der Waals surface area contributed by atoms with Gasteiger partial charge in [-0.3, -0.25) is 0 Å². The lowest BCUT2D eigenvalue weighted by molar-refractivity contribution is 0.262. The normalized spacial score (nSPS) is 11.0. The summed E-state index contributed by atoms with van der Waals surface area (Å²) in [5.41, 5.74) is 1.35. The number of hydrogen-bond donors (Lipinski definition) is 3. The summed E-state index contributed by atoms with van der Waals surface area (Å²) < 4.78 is 26.8. The van der Waals surface area contributed by atoms with Crippen LogP contribution in [-0.2, 0) is 0 Å². The number of halogens is 2. The molecule has 2 aromatic carbocycles. The molecule has 152 valence electrons. The molecule has 0 bridgehead atoms. The number of benzene rings is 2. The Morgan fingerprint density at radius 1 is 0.964 bits per heavy atom. The van der Waals surface area contributed by atoms with Crippen LogP contribution in [0.3, 0.4) is 0 Å². The molecule has 0 heterocycles. The van der Waals surface area contributed by atoms with Crippen LogP contribution in [0.2, 0.25) is 0 Å². The second-order valence-electron chi connectivity index (χ2n) is 7.60. The summed E-state index contributed by atoms with van der Waals surface area (Å²) in [4.78, 5) is 15.3. The summed E-state index contributed by atoms with van der Waals surface area (Å²) in [6, 6.07) is 7.93. The van der Waals surface area contributed by atoms with Gasteiger partial charge < -0.3 is 15.5 Å². The highest BCUT2D eigenvalue weighted by molar-refractivity contribution is 7.80. The Morgan fingerprint density at radius 3 is 2.14 bits per heavy atom. The number of anilines is 3. The van der Waals surface area contributed by atoms with Gasteiger partial charge in [0.25, 0.3) is 0 Å². The van der Waals surface area contributed by atoms with Crippen LogP contribution >= 0.6 is 12.6 Å². The van der Waals surface area contributed by atoms with Gasteiger partial charge in [0.1, 0.15) is 11.6 Å². The maximum Gasteiger partial charge on any atom is 0.323 e. The smallest absolute Gasteiger partial charge is 0.323 e. The van der Waals surface area contributed by atoms with Gasteiger partial charge in [-0.25, -0.2) is 13.6 Å². The minimum atomic E-state index is -0.834. The fourth-order valence-electron chi connectivity index (χ4n) is 2.92. The van der Waals surface area contributed by atoms with Gasteiger partial charge in [-0.1, -0.05) is 27.7 Å². The topological polar surface area (TPSA) is 44.4 Å². The summed E-state index contributed by atoms with van der Waals surface area (Å²) in [5, 5.41) is 5.19. The van der Waals surface area contributed by atoms with Gasteiger partial charge in [0, 0.05) is 24.1 Å². The van der Waals surface area contributed by atoms with Gasteiger partial charge in [0.15, 0.2) is 0 Å². The number of carbonyl (C=O) groups is 1. The number of thiol groups is 1. The molecule has 0 fully saturated rings. The first kappa shape index (κ1) is 22.0. The van der Waals surface area contributed by atoms with E-state index < -0.39 is 17.7 Å². The first-order valence-corrected chi connectivity index (χ1v) is 9.71. The molecule has 2 N–H and O–H groups in total. The highest BCUT2D eigenvalue weighted by Crippen LogP contribution is 2.30. The minimum Gasteiger partial charge on any atom is -0.369 e. The summed E-state index contributed by atoms with van der Waals surface area (Å²) in [6.07, 6.45) is 0. The molecule has 0 atom stereocenters. The maximum absolute atomic E-state index is 13.8. The summed E-state index contributed by atoms with van der Waals surface area (Å²) in [5.74, 6) is -0.667. The number of hydrogen-bond acceptors (Lipinski definition) is 3. The van der Waals surface area contributed by atoms with Crippen LogP contribution < -0.4 is 15.5 Å². The molecular weight excluding hydrogens is 380 g/mol. The molecule has 0 aliphatic rings. The van der Waals surface area contributed by atoms with Crippen LogP contribution in [0.15, 0.2) is 41.3 Å². The molecule has 0 saturated heterocycles. The van der Waals surface area contributed by atoms with E-state index in [4.69, 9.17) is 0 Å². The van der Waals surface area contributed by atoms with Crippen molar-refractivity contribution in [3.8, 4) is 0 Å². The van der Waals surface area contributed by atoms with Crippen LogP contribution in [0, 0.1) is 23.5 Å². The molecule has 7 heteroatoms. The van der Waals surface area contributed by atoms with E-state index in [1.165, 1.54) is 6.07 Å². The quantitative estimate of drug-likeness (QED) is 0.492. The number of urea groups is 1. The molecule has 0 spiro atoms. The SMILES string of the molecule is CC(C)CN(CC(C)C)c1ccc(S)cc1NC(=O)Nc1ccc(F)cc1F. The Labute approximate surface area is 170 Å². The van der Waals surface area contributed by atoms with Crippen molar-refractivity contribution < 1.29 is 13.6 Å². The van der Waals surface area contributed by atoms with Gasteiger partial charge in [0.2, 0.25) is 0 Å². The van der Waals surface area contributed by atoms with Gasteiger partial charge in [0.05, 0.1) is 17.1 Å². The third-order valence-electron chi connectivity index (χ3n) is 3.92. The molecule has 0 aromatic heterocycles. The first-order chi connectivity index (χ1) is 13.2. The second kappa shape index (κ2) is 9.78. The molecule has 0 unspecified atom stereocenters. The monoisotopic (exact) mass is 407 g/mol. The van der Waals surface area contributed by atoms with Crippen molar-refractivity contribution in [3.05, 3.63) is 48.0 Å². The molecule has 2 rings (SSSR count). The van der Waals surface area contributed by atoms with Gasteiger partial charge in [-0.15, -0.1) is 12.6 Å². The molecule has 2 aromatic rings. The fourth-order valence-corrected chi connectivity index (χ4v) is 3.12. The molecule has 0 radical (unpaired) electrons. The van der Waals surface area contributed by atoms with E-state index in [9.17, 15) is 13.6 Å². The molecular formula is C21H27F2N3OS.